The summed E-state index contributed by atoms with van der Waals surface area (Å²) in [4.78, 5) is 7.82. The Morgan fingerprint density at radius 3 is 1.89 bits per heavy atom. The Morgan fingerprint density at radius 2 is 1.21 bits per heavy atom. The molecule has 0 fully saturated rings. The number of ether oxygens (including phenoxy) is 1. The summed E-state index contributed by atoms with van der Waals surface area (Å²) in [5.74, 6) is -17.4. The summed E-state index contributed by atoms with van der Waals surface area (Å²) >= 11 is 0. The Hall–Kier alpha value is -6.56. The maximum Gasteiger partial charge on any atom is 0.380 e. The Labute approximate surface area is 316 Å². The predicted octanol–water partition coefficient (Wildman–Crippen LogP) is 10.6. The third-order valence-electron chi connectivity index (χ3n) is 10.7. The fraction of sp³-hybridized carbons (Fsp3) is 0.0682. The topological polar surface area (TPSA) is 28.6 Å². The molecule has 274 valence electrons. The van der Waals surface area contributed by atoms with Gasteiger partial charge in [0.25, 0.3) is 6.71 Å². The smallest absolute Gasteiger partial charge is 0.380 e. The standard InChI is InChI=1S/C44H25BF7N3O/c46-33-22-21-30-38(43(49,50)44(51,52)42(30,47)48)40(33)55-34-23-20-27(26-12-4-1-5-13-26)24-32(34)45-31-18-10-11-19-36(31)56-41-39(45)35(55)25-37(53-41)54(28-14-6-2-7-15-28)29-16-8-3-9-17-29/h1-25H. The summed E-state index contributed by atoms with van der Waals surface area (Å²) in [5.41, 5.74) is -0.189. The van der Waals surface area contributed by atoms with Gasteiger partial charge in [-0.1, -0.05) is 97.1 Å². The van der Waals surface area contributed by atoms with Gasteiger partial charge in [0, 0.05) is 34.2 Å². The maximum atomic E-state index is 16.6. The first-order valence-corrected chi connectivity index (χ1v) is 17.7. The lowest BCUT2D eigenvalue weighted by molar-refractivity contribution is -0.302. The van der Waals surface area contributed by atoms with Gasteiger partial charge in [-0.05, 0) is 70.6 Å². The highest BCUT2D eigenvalue weighted by Gasteiger charge is 2.80. The molecule has 10 rings (SSSR count). The highest BCUT2D eigenvalue weighted by Crippen LogP contribution is 2.66. The van der Waals surface area contributed by atoms with E-state index in [2.05, 4.69) is 0 Å². The molecule has 0 bridgehead atoms. The fourth-order valence-electron chi connectivity index (χ4n) is 8.17. The molecule has 0 unspecified atom stereocenters. The van der Waals surface area contributed by atoms with Crippen LogP contribution in [0.4, 0.5) is 65.0 Å². The minimum atomic E-state index is -5.86. The van der Waals surface area contributed by atoms with Crippen molar-refractivity contribution in [3.63, 3.8) is 0 Å². The van der Waals surface area contributed by atoms with Crippen molar-refractivity contribution in [1.29, 1.82) is 0 Å². The molecule has 1 aliphatic carbocycles. The molecular weight excluding hydrogens is 730 g/mol. The highest BCUT2D eigenvalue weighted by molar-refractivity contribution is 6.99. The molecule has 0 saturated carbocycles. The number of rotatable bonds is 5. The van der Waals surface area contributed by atoms with Crippen molar-refractivity contribution in [2.45, 2.75) is 17.8 Å². The van der Waals surface area contributed by atoms with Crippen molar-refractivity contribution in [2.75, 3.05) is 9.80 Å². The van der Waals surface area contributed by atoms with E-state index in [0.29, 0.717) is 51.2 Å². The Kier molecular flexibility index (Phi) is 7.26. The Morgan fingerprint density at radius 1 is 0.589 bits per heavy atom. The molecule has 0 spiro atoms. The van der Waals surface area contributed by atoms with Crippen LogP contribution < -0.4 is 30.9 Å². The lowest BCUT2D eigenvalue weighted by Crippen LogP contribution is -2.60. The van der Waals surface area contributed by atoms with E-state index < -0.39 is 47.1 Å². The fourth-order valence-corrected chi connectivity index (χ4v) is 8.17. The lowest BCUT2D eigenvalue weighted by Gasteiger charge is -2.41. The molecule has 0 saturated heterocycles. The molecule has 0 N–H and O–H groups in total. The summed E-state index contributed by atoms with van der Waals surface area (Å²) in [5, 5.41) is 0. The van der Waals surface area contributed by atoms with Crippen LogP contribution in [0, 0.1) is 5.82 Å². The highest BCUT2D eigenvalue weighted by atomic mass is 19.3. The molecular formula is C44H25BF7N3O. The van der Waals surface area contributed by atoms with Crippen molar-refractivity contribution in [3.05, 3.63) is 169 Å². The van der Waals surface area contributed by atoms with Crippen LogP contribution in [0.5, 0.6) is 11.6 Å². The van der Waals surface area contributed by atoms with E-state index in [1.54, 1.807) is 29.2 Å². The van der Waals surface area contributed by atoms with E-state index in [-0.39, 0.29) is 23.1 Å². The van der Waals surface area contributed by atoms with Gasteiger partial charge in [0.1, 0.15) is 17.4 Å². The lowest BCUT2D eigenvalue weighted by atomic mass is 9.34. The van der Waals surface area contributed by atoms with Crippen LogP contribution in [-0.4, -0.2) is 17.6 Å². The average Bonchev–Trinajstić information content (AvgIpc) is 3.32. The summed E-state index contributed by atoms with van der Waals surface area (Å²) < 4.78 is 116. The van der Waals surface area contributed by atoms with Crippen LogP contribution in [0.25, 0.3) is 11.1 Å². The number of benzene rings is 6. The number of hydrogen-bond donors (Lipinski definition) is 0. The zero-order valence-corrected chi connectivity index (χ0v) is 28.9. The second-order valence-electron chi connectivity index (χ2n) is 13.8. The van der Waals surface area contributed by atoms with Crippen LogP contribution in [0.2, 0.25) is 0 Å². The molecule has 1 aromatic heterocycles. The van der Waals surface area contributed by atoms with Gasteiger partial charge in [-0.2, -0.15) is 31.3 Å². The van der Waals surface area contributed by atoms with Gasteiger partial charge in [0.15, 0.2) is 0 Å². The molecule has 7 aromatic rings. The summed E-state index contributed by atoms with van der Waals surface area (Å²) in [7, 11) is 0. The van der Waals surface area contributed by atoms with Crippen LogP contribution in [-0.2, 0) is 11.8 Å². The number of pyridine rings is 1. The molecule has 3 aliphatic rings. The number of fused-ring (bicyclic) bond motifs is 5. The number of alkyl halides is 6. The van der Waals surface area contributed by atoms with Gasteiger partial charge < -0.3 is 9.64 Å². The molecule has 0 atom stereocenters. The summed E-state index contributed by atoms with van der Waals surface area (Å²) in [6.45, 7) is -0.688. The second-order valence-corrected chi connectivity index (χ2v) is 13.8. The van der Waals surface area contributed by atoms with Gasteiger partial charge in [0.05, 0.1) is 16.9 Å². The largest absolute Gasteiger partial charge is 0.440 e. The van der Waals surface area contributed by atoms with E-state index in [4.69, 9.17) is 9.72 Å². The van der Waals surface area contributed by atoms with Crippen LogP contribution >= 0.6 is 0 Å². The molecule has 0 amide bonds. The number of hydrogen-bond acceptors (Lipinski definition) is 4. The van der Waals surface area contributed by atoms with E-state index in [1.807, 2.05) is 109 Å². The zero-order chi connectivity index (χ0) is 38.6. The third kappa shape index (κ3) is 4.64. The molecule has 4 nitrogen and oxygen atoms in total. The van der Waals surface area contributed by atoms with E-state index >= 15 is 30.7 Å². The first kappa shape index (κ1) is 34.0. The molecule has 12 heteroatoms. The molecule has 3 heterocycles. The number of halogens is 7. The molecule has 0 radical (unpaired) electrons. The van der Waals surface area contributed by atoms with Gasteiger partial charge in [-0.25, -0.2) is 4.39 Å². The maximum absolute atomic E-state index is 16.6. The minimum Gasteiger partial charge on any atom is -0.440 e. The summed E-state index contributed by atoms with van der Waals surface area (Å²) in [6, 6.07) is 42.2. The predicted molar refractivity (Wildman–Crippen MR) is 203 cm³/mol. The van der Waals surface area contributed by atoms with Crippen molar-refractivity contribution >= 4 is 57.4 Å². The molecule has 6 aromatic carbocycles. The van der Waals surface area contributed by atoms with Crippen molar-refractivity contribution < 1.29 is 35.5 Å². The van der Waals surface area contributed by atoms with Gasteiger partial charge in [0.2, 0.25) is 5.88 Å². The first-order valence-electron chi connectivity index (χ1n) is 17.7. The SMILES string of the molecule is Fc1ccc2c(c1N1c3ccc(-c4ccccc4)cc3B3c4ccccc4Oc4nc(N(c5ccccc5)c5ccccc5)cc1c43)C(F)(F)C(F)(F)C2(F)F. The number of nitrogens with zero attached hydrogens (tertiary/aromatic N) is 3. The van der Waals surface area contributed by atoms with E-state index in [9.17, 15) is 0 Å². The van der Waals surface area contributed by atoms with E-state index in [0.717, 1.165) is 10.5 Å². The van der Waals surface area contributed by atoms with Gasteiger partial charge in [-0.3, -0.25) is 4.90 Å². The van der Waals surface area contributed by atoms with Crippen LogP contribution in [0.3, 0.4) is 0 Å². The normalized spacial score (nSPS) is 16.3. The first-order chi connectivity index (χ1) is 27.0. The number of anilines is 6. The van der Waals surface area contributed by atoms with Crippen LogP contribution in [0.15, 0.2) is 152 Å². The number of para-hydroxylation sites is 3. The minimum absolute atomic E-state index is 0.0305. The third-order valence-corrected chi connectivity index (χ3v) is 10.7. The zero-order valence-electron chi connectivity index (χ0n) is 28.9. The van der Waals surface area contributed by atoms with Gasteiger partial charge in [-0.15, -0.1) is 0 Å². The van der Waals surface area contributed by atoms with Crippen molar-refractivity contribution in [2.24, 2.45) is 0 Å². The molecule has 2 aliphatic heterocycles. The average molecular weight is 756 g/mol. The van der Waals surface area contributed by atoms with Crippen molar-refractivity contribution in [3.8, 4) is 22.8 Å². The second kappa shape index (κ2) is 12.0. The Balaban J connectivity index is 1.33. The Bertz CT molecular complexity index is 2660. The summed E-state index contributed by atoms with van der Waals surface area (Å²) in [6.07, 6.45) is 0. The molecule has 56 heavy (non-hydrogen) atoms. The van der Waals surface area contributed by atoms with Crippen LogP contribution in [0.1, 0.15) is 11.1 Å². The van der Waals surface area contributed by atoms with Crippen molar-refractivity contribution in [1.82, 2.24) is 4.98 Å². The van der Waals surface area contributed by atoms with Gasteiger partial charge >= 0.3 is 17.8 Å². The monoisotopic (exact) mass is 755 g/mol. The van der Waals surface area contributed by atoms with E-state index in [1.165, 1.54) is 6.07 Å². The number of aromatic nitrogens is 1. The quantitative estimate of drug-likeness (QED) is 0.129.